The molecule has 1 atom stereocenters. The molecule has 0 bridgehead atoms. The highest BCUT2D eigenvalue weighted by atomic mass is 35.5. The molecular weight excluding hydrogens is 280 g/mol. The highest BCUT2D eigenvalue weighted by Crippen LogP contribution is 2.32. The van der Waals surface area contributed by atoms with Crippen molar-refractivity contribution in [1.29, 1.82) is 0 Å². The van der Waals surface area contributed by atoms with Crippen molar-refractivity contribution in [2.75, 3.05) is 6.79 Å². The van der Waals surface area contributed by atoms with E-state index in [1.807, 2.05) is 39.0 Å². The number of nitrogens with one attached hydrogen (secondary N) is 1. The number of halogens is 1. The highest BCUT2D eigenvalue weighted by molar-refractivity contribution is 5.85. The molecule has 6 heteroatoms. The third kappa shape index (κ3) is 3.77. The molecule has 0 unspecified atom stereocenters. The van der Waals surface area contributed by atoms with Gasteiger partial charge in [-0.25, -0.2) is 0 Å². The fraction of sp³-hybridized carbons (Fsp3) is 0.500. The van der Waals surface area contributed by atoms with Crippen molar-refractivity contribution in [3.8, 4) is 11.5 Å². The van der Waals surface area contributed by atoms with Crippen molar-refractivity contribution < 1.29 is 14.3 Å². The molecule has 1 heterocycles. The summed E-state index contributed by atoms with van der Waals surface area (Å²) in [7, 11) is 0. The van der Waals surface area contributed by atoms with Crippen molar-refractivity contribution in [3.05, 3.63) is 23.8 Å². The summed E-state index contributed by atoms with van der Waals surface area (Å²) in [4.78, 5) is 11.9. The standard InChI is InChI=1S/C14H20N2O3.ClH/c1-14(2,3)12(15)13(17)16-7-9-4-5-10-11(6-9)19-8-18-10;/h4-6,12H,7-8,15H2,1-3H3,(H,16,17);1H/t12-;/m1./s1. The average molecular weight is 301 g/mol. The van der Waals surface area contributed by atoms with Gasteiger partial charge in [0, 0.05) is 6.54 Å². The summed E-state index contributed by atoms with van der Waals surface area (Å²) in [5.41, 5.74) is 6.60. The molecule has 1 aliphatic rings. The van der Waals surface area contributed by atoms with E-state index in [2.05, 4.69) is 5.32 Å². The van der Waals surface area contributed by atoms with Crippen LogP contribution in [0, 0.1) is 5.41 Å². The number of nitrogens with two attached hydrogens (primary N) is 1. The predicted octanol–water partition coefficient (Wildman–Crippen LogP) is 1.83. The van der Waals surface area contributed by atoms with Gasteiger partial charge in [0.1, 0.15) is 0 Å². The summed E-state index contributed by atoms with van der Waals surface area (Å²) in [5.74, 6) is 1.30. The topological polar surface area (TPSA) is 73.6 Å². The van der Waals surface area contributed by atoms with Crippen LogP contribution >= 0.6 is 12.4 Å². The Kier molecular flexibility index (Phi) is 5.25. The zero-order chi connectivity index (χ0) is 14.0. The highest BCUT2D eigenvalue weighted by Gasteiger charge is 2.27. The maximum atomic E-state index is 11.9. The van der Waals surface area contributed by atoms with Crippen molar-refractivity contribution in [1.82, 2.24) is 5.32 Å². The van der Waals surface area contributed by atoms with Gasteiger partial charge in [-0.1, -0.05) is 26.8 Å². The molecule has 0 spiro atoms. The number of carbonyl (C=O) groups is 1. The lowest BCUT2D eigenvalue weighted by atomic mass is 9.87. The van der Waals surface area contributed by atoms with Gasteiger partial charge in [0.05, 0.1) is 6.04 Å². The fourth-order valence-electron chi connectivity index (χ4n) is 1.74. The van der Waals surface area contributed by atoms with E-state index >= 15 is 0 Å². The van der Waals surface area contributed by atoms with Gasteiger partial charge in [-0.15, -0.1) is 12.4 Å². The van der Waals surface area contributed by atoms with Gasteiger partial charge in [0.25, 0.3) is 0 Å². The summed E-state index contributed by atoms with van der Waals surface area (Å²) in [6.45, 7) is 6.51. The molecule has 0 saturated carbocycles. The minimum absolute atomic E-state index is 0. The van der Waals surface area contributed by atoms with Crippen LogP contribution < -0.4 is 20.5 Å². The predicted molar refractivity (Wildman–Crippen MR) is 79.1 cm³/mol. The Balaban J connectivity index is 0.00000200. The molecular formula is C14H21ClN2O3. The molecule has 1 aromatic carbocycles. The van der Waals surface area contributed by atoms with Gasteiger partial charge in [-0.3, -0.25) is 4.79 Å². The van der Waals surface area contributed by atoms with Crippen LogP contribution in [0.5, 0.6) is 11.5 Å². The Morgan fingerprint density at radius 1 is 1.35 bits per heavy atom. The molecule has 0 radical (unpaired) electrons. The van der Waals surface area contributed by atoms with Gasteiger partial charge in [0.15, 0.2) is 11.5 Å². The number of rotatable bonds is 3. The first-order chi connectivity index (χ1) is 8.88. The van der Waals surface area contributed by atoms with Crippen LogP contribution in [0.4, 0.5) is 0 Å². The molecule has 0 aliphatic carbocycles. The van der Waals surface area contributed by atoms with Crippen molar-refractivity contribution >= 4 is 18.3 Å². The number of hydrogen-bond donors (Lipinski definition) is 2. The Morgan fingerprint density at radius 3 is 2.65 bits per heavy atom. The van der Waals surface area contributed by atoms with E-state index in [1.165, 1.54) is 0 Å². The van der Waals surface area contributed by atoms with Crippen LogP contribution in [-0.2, 0) is 11.3 Å². The van der Waals surface area contributed by atoms with E-state index in [0.29, 0.717) is 12.3 Å². The molecule has 0 fully saturated rings. The van der Waals surface area contributed by atoms with Crippen LogP contribution in [0.25, 0.3) is 0 Å². The molecule has 0 aromatic heterocycles. The van der Waals surface area contributed by atoms with Crippen LogP contribution in [0.2, 0.25) is 0 Å². The second-order valence-corrected chi connectivity index (χ2v) is 5.75. The molecule has 20 heavy (non-hydrogen) atoms. The largest absolute Gasteiger partial charge is 0.454 e. The van der Waals surface area contributed by atoms with Gasteiger partial charge in [-0.05, 0) is 23.1 Å². The number of ether oxygens (including phenoxy) is 2. The normalized spacial score (nSPS) is 14.4. The Morgan fingerprint density at radius 2 is 2.00 bits per heavy atom. The quantitative estimate of drug-likeness (QED) is 0.893. The molecule has 3 N–H and O–H groups in total. The third-order valence-corrected chi connectivity index (χ3v) is 3.12. The Hall–Kier alpha value is -1.46. The summed E-state index contributed by atoms with van der Waals surface area (Å²) < 4.78 is 10.5. The van der Waals surface area contributed by atoms with E-state index in [-0.39, 0.29) is 30.5 Å². The third-order valence-electron chi connectivity index (χ3n) is 3.12. The second-order valence-electron chi connectivity index (χ2n) is 5.75. The minimum Gasteiger partial charge on any atom is -0.454 e. The van der Waals surface area contributed by atoms with Gasteiger partial charge in [-0.2, -0.15) is 0 Å². The maximum absolute atomic E-state index is 11.9. The lowest BCUT2D eigenvalue weighted by Gasteiger charge is -2.25. The molecule has 2 rings (SSSR count). The maximum Gasteiger partial charge on any atom is 0.237 e. The van der Waals surface area contributed by atoms with Crippen LogP contribution in [-0.4, -0.2) is 18.7 Å². The Bertz CT molecular complexity index is 486. The zero-order valence-corrected chi connectivity index (χ0v) is 12.8. The van der Waals surface area contributed by atoms with Gasteiger partial charge < -0.3 is 20.5 Å². The smallest absolute Gasteiger partial charge is 0.237 e. The van der Waals surface area contributed by atoms with Crippen molar-refractivity contribution in [3.63, 3.8) is 0 Å². The average Bonchev–Trinajstić information content (AvgIpc) is 2.81. The fourth-order valence-corrected chi connectivity index (χ4v) is 1.74. The first kappa shape index (κ1) is 16.6. The molecule has 1 amide bonds. The van der Waals surface area contributed by atoms with E-state index in [4.69, 9.17) is 15.2 Å². The lowest BCUT2D eigenvalue weighted by Crippen LogP contribution is -2.48. The molecule has 112 valence electrons. The second kappa shape index (κ2) is 6.33. The number of amides is 1. The zero-order valence-electron chi connectivity index (χ0n) is 11.9. The lowest BCUT2D eigenvalue weighted by molar-refractivity contribution is -0.124. The summed E-state index contributed by atoms with van der Waals surface area (Å²) in [6.07, 6.45) is 0. The number of hydrogen-bond acceptors (Lipinski definition) is 4. The van der Waals surface area contributed by atoms with Gasteiger partial charge in [0.2, 0.25) is 12.7 Å². The molecule has 1 aliphatic heterocycles. The van der Waals surface area contributed by atoms with Crippen molar-refractivity contribution in [2.24, 2.45) is 11.1 Å². The van der Waals surface area contributed by atoms with Crippen LogP contribution in [0.15, 0.2) is 18.2 Å². The van der Waals surface area contributed by atoms with Crippen LogP contribution in [0.1, 0.15) is 26.3 Å². The number of fused-ring (bicyclic) bond motifs is 1. The first-order valence-electron chi connectivity index (χ1n) is 6.30. The molecule has 5 nitrogen and oxygen atoms in total. The van der Waals surface area contributed by atoms with Crippen LogP contribution in [0.3, 0.4) is 0 Å². The summed E-state index contributed by atoms with van der Waals surface area (Å²) in [6, 6.07) is 5.08. The SMILES string of the molecule is CC(C)(C)[C@H](N)C(=O)NCc1ccc2c(c1)OCO2.Cl. The first-order valence-corrected chi connectivity index (χ1v) is 6.30. The summed E-state index contributed by atoms with van der Waals surface area (Å²) in [5, 5.41) is 2.84. The van der Waals surface area contributed by atoms with E-state index in [1.54, 1.807) is 0 Å². The van der Waals surface area contributed by atoms with Gasteiger partial charge >= 0.3 is 0 Å². The molecule has 0 saturated heterocycles. The minimum atomic E-state index is -0.526. The monoisotopic (exact) mass is 300 g/mol. The molecule has 1 aromatic rings. The van der Waals surface area contributed by atoms with E-state index < -0.39 is 6.04 Å². The van der Waals surface area contributed by atoms with Crippen molar-refractivity contribution in [2.45, 2.75) is 33.4 Å². The van der Waals surface area contributed by atoms with E-state index in [0.717, 1.165) is 11.3 Å². The van der Waals surface area contributed by atoms with E-state index in [9.17, 15) is 4.79 Å². The number of benzene rings is 1. The Labute approximate surface area is 125 Å². The number of carbonyl (C=O) groups excluding carboxylic acids is 1. The summed E-state index contributed by atoms with van der Waals surface area (Å²) >= 11 is 0.